The zero-order valence-corrected chi connectivity index (χ0v) is 16.2. The maximum Gasteiger partial charge on any atom is 0.255 e. The third-order valence-corrected chi connectivity index (χ3v) is 7.03. The Bertz CT molecular complexity index is 863. The van der Waals surface area contributed by atoms with Gasteiger partial charge in [0.15, 0.2) is 0 Å². The van der Waals surface area contributed by atoms with Crippen LogP contribution in [0.3, 0.4) is 0 Å². The lowest BCUT2D eigenvalue weighted by Crippen LogP contribution is -2.52. The number of nitrogens with one attached hydrogen (secondary N) is 2. The molecule has 2 unspecified atom stereocenters. The molecule has 3 fully saturated rings. The molecule has 1 aromatic carbocycles. The van der Waals surface area contributed by atoms with E-state index in [2.05, 4.69) is 21.6 Å². The number of likely N-dealkylation sites (tertiary alicyclic amines) is 1. The van der Waals surface area contributed by atoms with Crippen molar-refractivity contribution in [2.45, 2.75) is 50.9 Å². The fourth-order valence-electron chi connectivity index (χ4n) is 5.30. The van der Waals surface area contributed by atoms with E-state index in [4.69, 9.17) is 0 Å². The summed E-state index contributed by atoms with van der Waals surface area (Å²) in [7, 11) is 2.05. The molecule has 2 N–H and O–H groups in total. The average Bonchev–Trinajstić information content (AvgIpc) is 3.24. The van der Waals surface area contributed by atoms with Crippen LogP contribution in [0.25, 0.3) is 0 Å². The highest BCUT2D eigenvalue weighted by Gasteiger charge is 2.54. The van der Waals surface area contributed by atoms with Gasteiger partial charge in [-0.15, -0.1) is 0 Å². The number of likely N-dealkylation sites (N-methyl/N-ethyl adjacent to an activating group) is 1. The van der Waals surface area contributed by atoms with Gasteiger partial charge in [0.2, 0.25) is 11.8 Å². The SMILES string of the molecule is CNC1CN(Cc2cccc3c2CN(C2CCC(=O)NC2=O)C3=O)CC12CC2. The van der Waals surface area contributed by atoms with Crippen LogP contribution >= 0.6 is 0 Å². The number of imide groups is 1. The smallest absolute Gasteiger partial charge is 0.255 e. The van der Waals surface area contributed by atoms with Crippen molar-refractivity contribution < 1.29 is 14.4 Å². The molecule has 5 rings (SSSR count). The Balaban J connectivity index is 1.35. The summed E-state index contributed by atoms with van der Waals surface area (Å²) in [6.45, 7) is 3.42. The van der Waals surface area contributed by atoms with E-state index in [-0.39, 0.29) is 24.1 Å². The maximum absolute atomic E-state index is 13.0. The molecule has 0 radical (unpaired) electrons. The van der Waals surface area contributed by atoms with E-state index in [9.17, 15) is 14.4 Å². The van der Waals surface area contributed by atoms with E-state index < -0.39 is 6.04 Å². The van der Waals surface area contributed by atoms with Crippen molar-refractivity contribution >= 4 is 17.7 Å². The fourth-order valence-corrected chi connectivity index (χ4v) is 5.30. The monoisotopic (exact) mass is 382 g/mol. The predicted octanol–water partition coefficient (Wildman–Crippen LogP) is 0.631. The first kappa shape index (κ1) is 17.8. The van der Waals surface area contributed by atoms with Crippen molar-refractivity contribution in [3.05, 3.63) is 34.9 Å². The van der Waals surface area contributed by atoms with Gasteiger partial charge in [-0.05, 0) is 48.9 Å². The predicted molar refractivity (Wildman–Crippen MR) is 102 cm³/mol. The molecule has 3 heterocycles. The number of piperidine rings is 1. The standard InChI is InChI=1S/C21H26N4O3/c1-22-17-11-24(12-21(17)7-8-21)9-13-3-2-4-14-15(13)10-25(20(14)28)16-5-6-18(26)23-19(16)27/h2-4,16-17,22H,5-12H2,1H3,(H,23,26,27). The molecule has 148 valence electrons. The van der Waals surface area contributed by atoms with E-state index in [0.717, 1.165) is 25.2 Å². The fraction of sp³-hybridized carbons (Fsp3) is 0.571. The van der Waals surface area contributed by atoms with Gasteiger partial charge >= 0.3 is 0 Å². The van der Waals surface area contributed by atoms with Crippen molar-refractivity contribution in [1.29, 1.82) is 0 Å². The van der Waals surface area contributed by atoms with Gasteiger partial charge in [-0.3, -0.25) is 24.6 Å². The van der Waals surface area contributed by atoms with Crippen LogP contribution < -0.4 is 10.6 Å². The summed E-state index contributed by atoms with van der Waals surface area (Å²) in [5.41, 5.74) is 3.36. The number of nitrogens with zero attached hydrogens (tertiary/aromatic N) is 2. The summed E-state index contributed by atoms with van der Waals surface area (Å²) in [4.78, 5) is 40.8. The molecule has 7 heteroatoms. The highest BCUT2D eigenvalue weighted by atomic mass is 16.2. The van der Waals surface area contributed by atoms with Crippen LogP contribution in [0.2, 0.25) is 0 Å². The molecule has 1 aromatic rings. The van der Waals surface area contributed by atoms with Crippen LogP contribution in [0.5, 0.6) is 0 Å². The number of benzene rings is 1. The number of hydrogen-bond acceptors (Lipinski definition) is 5. The molecule has 0 aromatic heterocycles. The normalized spacial score (nSPS) is 28.8. The molecule has 3 aliphatic heterocycles. The Morgan fingerprint density at radius 3 is 2.75 bits per heavy atom. The minimum atomic E-state index is -0.555. The van der Waals surface area contributed by atoms with Crippen molar-refractivity contribution in [2.75, 3.05) is 20.1 Å². The highest BCUT2D eigenvalue weighted by Crippen LogP contribution is 2.53. The molecule has 2 saturated heterocycles. The molecule has 1 spiro atoms. The molecule has 28 heavy (non-hydrogen) atoms. The second-order valence-corrected chi connectivity index (χ2v) is 8.72. The highest BCUT2D eigenvalue weighted by molar-refractivity contribution is 6.05. The van der Waals surface area contributed by atoms with Gasteiger partial charge in [-0.2, -0.15) is 0 Å². The van der Waals surface area contributed by atoms with Crippen molar-refractivity contribution in [3.8, 4) is 0 Å². The number of carbonyl (C=O) groups is 3. The Morgan fingerprint density at radius 2 is 2.07 bits per heavy atom. The number of amides is 3. The first-order valence-corrected chi connectivity index (χ1v) is 10.2. The lowest BCUT2D eigenvalue weighted by Gasteiger charge is -2.29. The molecule has 2 atom stereocenters. The third kappa shape index (κ3) is 2.76. The van der Waals surface area contributed by atoms with Gasteiger partial charge in [-0.25, -0.2) is 0 Å². The maximum atomic E-state index is 13.0. The van der Waals surface area contributed by atoms with Crippen LogP contribution in [-0.2, 0) is 22.7 Å². The second kappa shape index (κ2) is 6.39. The molecule has 1 saturated carbocycles. The van der Waals surface area contributed by atoms with E-state index in [1.54, 1.807) is 4.90 Å². The minimum Gasteiger partial charge on any atom is -0.322 e. The molecular weight excluding hydrogens is 356 g/mol. The summed E-state index contributed by atoms with van der Waals surface area (Å²) in [6.07, 6.45) is 3.27. The first-order chi connectivity index (χ1) is 13.5. The first-order valence-electron chi connectivity index (χ1n) is 10.2. The third-order valence-electron chi connectivity index (χ3n) is 7.03. The van der Waals surface area contributed by atoms with Gasteiger partial charge in [0.05, 0.1) is 0 Å². The van der Waals surface area contributed by atoms with Gasteiger partial charge in [-0.1, -0.05) is 12.1 Å². The lowest BCUT2D eigenvalue weighted by atomic mass is 10.0. The van der Waals surface area contributed by atoms with Gasteiger partial charge in [0.1, 0.15) is 6.04 Å². The van der Waals surface area contributed by atoms with Gasteiger partial charge in [0.25, 0.3) is 5.91 Å². The number of fused-ring (bicyclic) bond motifs is 1. The Hall–Kier alpha value is -2.25. The van der Waals surface area contributed by atoms with E-state index in [0.29, 0.717) is 30.0 Å². The average molecular weight is 382 g/mol. The van der Waals surface area contributed by atoms with Gasteiger partial charge in [0, 0.05) is 44.2 Å². The van der Waals surface area contributed by atoms with Gasteiger partial charge < -0.3 is 10.2 Å². The number of hydrogen-bond donors (Lipinski definition) is 2. The molecular formula is C21H26N4O3. The number of rotatable bonds is 4. The zero-order valence-electron chi connectivity index (χ0n) is 16.2. The zero-order chi connectivity index (χ0) is 19.5. The Labute approximate surface area is 164 Å². The molecule has 0 bridgehead atoms. The summed E-state index contributed by atoms with van der Waals surface area (Å²) < 4.78 is 0. The summed E-state index contributed by atoms with van der Waals surface area (Å²) >= 11 is 0. The van der Waals surface area contributed by atoms with Crippen molar-refractivity contribution in [2.24, 2.45) is 5.41 Å². The van der Waals surface area contributed by atoms with Crippen LogP contribution in [0, 0.1) is 5.41 Å². The minimum absolute atomic E-state index is 0.0977. The lowest BCUT2D eigenvalue weighted by molar-refractivity contribution is -0.136. The summed E-state index contributed by atoms with van der Waals surface area (Å²) in [6, 6.07) is 5.90. The topological polar surface area (TPSA) is 81.8 Å². The van der Waals surface area contributed by atoms with Crippen LogP contribution in [0.1, 0.15) is 47.2 Å². The molecule has 4 aliphatic rings. The number of carbonyl (C=O) groups excluding carboxylic acids is 3. The molecule has 7 nitrogen and oxygen atoms in total. The van der Waals surface area contributed by atoms with Crippen molar-refractivity contribution in [3.63, 3.8) is 0 Å². The second-order valence-electron chi connectivity index (χ2n) is 8.72. The van der Waals surface area contributed by atoms with E-state index in [1.807, 2.05) is 19.2 Å². The Kier molecular flexibility index (Phi) is 4.07. The van der Waals surface area contributed by atoms with Crippen LogP contribution in [0.4, 0.5) is 0 Å². The summed E-state index contributed by atoms with van der Waals surface area (Å²) in [5.74, 6) is -0.709. The van der Waals surface area contributed by atoms with E-state index >= 15 is 0 Å². The largest absolute Gasteiger partial charge is 0.322 e. The molecule has 1 aliphatic carbocycles. The van der Waals surface area contributed by atoms with Crippen LogP contribution in [0.15, 0.2) is 18.2 Å². The quantitative estimate of drug-likeness (QED) is 0.747. The van der Waals surface area contributed by atoms with E-state index in [1.165, 1.54) is 18.4 Å². The van der Waals surface area contributed by atoms with Crippen molar-refractivity contribution in [1.82, 2.24) is 20.4 Å². The summed E-state index contributed by atoms with van der Waals surface area (Å²) in [5, 5.41) is 5.84. The molecule has 3 amide bonds. The Morgan fingerprint density at radius 1 is 1.25 bits per heavy atom. The van der Waals surface area contributed by atoms with Crippen LogP contribution in [-0.4, -0.2) is 59.7 Å².